The summed E-state index contributed by atoms with van der Waals surface area (Å²) in [5.74, 6) is 0.0652. The van der Waals surface area contributed by atoms with Gasteiger partial charge in [-0.15, -0.1) is 0 Å². The first-order valence-electron chi connectivity index (χ1n) is 7.98. The number of anilines is 1. The smallest absolute Gasteiger partial charge is 0.225 e. The van der Waals surface area contributed by atoms with Crippen molar-refractivity contribution in [2.24, 2.45) is 0 Å². The maximum absolute atomic E-state index is 11.8. The van der Waals surface area contributed by atoms with E-state index in [0.29, 0.717) is 12.5 Å². The predicted octanol–water partition coefficient (Wildman–Crippen LogP) is 2.61. The molecule has 1 aliphatic heterocycles. The van der Waals surface area contributed by atoms with Gasteiger partial charge in [0.05, 0.1) is 0 Å². The Morgan fingerprint density at radius 3 is 2.48 bits per heavy atom. The minimum absolute atomic E-state index is 0.0652. The van der Waals surface area contributed by atoms with Crippen LogP contribution in [0.3, 0.4) is 0 Å². The highest BCUT2D eigenvalue weighted by Gasteiger charge is 2.11. The van der Waals surface area contributed by atoms with Gasteiger partial charge in [-0.25, -0.2) is 0 Å². The Labute approximate surface area is 127 Å². The van der Waals surface area contributed by atoms with E-state index < -0.39 is 0 Å². The Morgan fingerprint density at radius 2 is 1.86 bits per heavy atom. The van der Waals surface area contributed by atoms with Gasteiger partial charge in [-0.3, -0.25) is 9.69 Å². The van der Waals surface area contributed by atoms with Crippen LogP contribution in [0.2, 0.25) is 0 Å². The average molecular weight is 289 g/mol. The summed E-state index contributed by atoms with van der Waals surface area (Å²) in [6, 6.07) is 8.64. The second-order valence-corrected chi connectivity index (χ2v) is 6.09. The molecule has 0 unspecified atom stereocenters. The van der Waals surface area contributed by atoms with E-state index in [0.717, 1.165) is 18.8 Å². The molecule has 2 N–H and O–H groups in total. The fraction of sp³-hybridized carbons (Fsp3) is 0.588. The first-order chi connectivity index (χ1) is 10.1. The minimum atomic E-state index is 0.0652. The molecule has 0 radical (unpaired) electrons. The molecule has 0 atom stereocenters. The number of nitrogens with zero attached hydrogens (tertiary/aromatic N) is 1. The van der Waals surface area contributed by atoms with Crippen molar-refractivity contribution in [2.75, 3.05) is 25.0 Å². The summed E-state index contributed by atoms with van der Waals surface area (Å²) in [5, 5.41) is 6.19. The van der Waals surface area contributed by atoms with Gasteiger partial charge in [0.2, 0.25) is 5.91 Å². The first kappa shape index (κ1) is 16.0. The van der Waals surface area contributed by atoms with Crippen molar-refractivity contribution < 1.29 is 4.79 Å². The van der Waals surface area contributed by atoms with Crippen molar-refractivity contribution in [1.82, 2.24) is 10.2 Å². The highest BCUT2D eigenvalue weighted by atomic mass is 16.1. The topological polar surface area (TPSA) is 44.4 Å². The summed E-state index contributed by atoms with van der Waals surface area (Å²) in [5.41, 5.74) is 2.20. The summed E-state index contributed by atoms with van der Waals surface area (Å²) in [6.45, 7) is 8.32. The molecule has 1 amide bonds. The first-order valence-corrected chi connectivity index (χ1v) is 7.98. The molecule has 0 aliphatic carbocycles. The van der Waals surface area contributed by atoms with Gasteiger partial charge in [0.15, 0.2) is 0 Å². The predicted molar refractivity (Wildman–Crippen MR) is 87.3 cm³/mol. The van der Waals surface area contributed by atoms with Crippen LogP contribution in [0.25, 0.3) is 0 Å². The third-order valence-electron chi connectivity index (χ3n) is 3.75. The second kappa shape index (κ2) is 8.15. The molecule has 0 spiro atoms. The van der Waals surface area contributed by atoms with E-state index in [2.05, 4.69) is 41.5 Å². The third-order valence-corrected chi connectivity index (χ3v) is 3.75. The Hall–Kier alpha value is -1.39. The lowest BCUT2D eigenvalue weighted by molar-refractivity contribution is -0.116. The summed E-state index contributed by atoms with van der Waals surface area (Å²) >= 11 is 0. The molecule has 1 aromatic rings. The third kappa shape index (κ3) is 5.86. The maximum atomic E-state index is 11.8. The normalized spacial score (nSPS) is 15.6. The number of benzene rings is 1. The SMILES string of the molecule is CC(C)NCCC(=O)Nc1ccc(CN2CCCC2)cc1. The number of carbonyl (C=O) groups excluding carboxylic acids is 1. The Morgan fingerprint density at radius 1 is 1.19 bits per heavy atom. The summed E-state index contributed by atoms with van der Waals surface area (Å²) in [4.78, 5) is 14.3. The van der Waals surface area contributed by atoms with Crippen molar-refractivity contribution in [2.45, 2.75) is 45.7 Å². The van der Waals surface area contributed by atoms with Gasteiger partial charge >= 0.3 is 0 Å². The van der Waals surface area contributed by atoms with E-state index in [1.165, 1.54) is 31.5 Å². The highest BCUT2D eigenvalue weighted by molar-refractivity contribution is 5.90. The lowest BCUT2D eigenvalue weighted by atomic mass is 10.2. The average Bonchev–Trinajstić information content (AvgIpc) is 2.93. The van der Waals surface area contributed by atoms with Crippen LogP contribution in [-0.2, 0) is 11.3 Å². The zero-order valence-electron chi connectivity index (χ0n) is 13.2. The number of rotatable bonds is 7. The zero-order chi connectivity index (χ0) is 15.1. The van der Waals surface area contributed by atoms with Gasteiger partial charge in [0.1, 0.15) is 0 Å². The molecule has 0 saturated carbocycles. The molecule has 4 heteroatoms. The fourth-order valence-corrected chi connectivity index (χ4v) is 2.59. The molecule has 1 heterocycles. The van der Waals surface area contributed by atoms with E-state index in [9.17, 15) is 4.79 Å². The molecule has 2 rings (SSSR count). The van der Waals surface area contributed by atoms with Crippen LogP contribution in [-0.4, -0.2) is 36.5 Å². The lowest BCUT2D eigenvalue weighted by Crippen LogP contribution is -2.27. The molecule has 1 saturated heterocycles. The number of hydrogen-bond donors (Lipinski definition) is 2. The van der Waals surface area contributed by atoms with Gasteiger partial charge in [-0.2, -0.15) is 0 Å². The summed E-state index contributed by atoms with van der Waals surface area (Å²) in [7, 11) is 0. The highest BCUT2D eigenvalue weighted by Crippen LogP contribution is 2.15. The number of amides is 1. The van der Waals surface area contributed by atoms with Crippen molar-refractivity contribution in [3.05, 3.63) is 29.8 Å². The lowest BCUT2D eigenvalue weighted by Gasteiger charge is -2.15. The standard InChI is InChI=1S/C17H27N3O/c1-14(2)18-10-9-17(21)19-16-7-5-15(6-8-16)13-20-11-3-4-12-20/h5-8,14,18H,3-4,9-13H2,1-2H3,(H,19,21). The van der Waals surface area contributed by atoms with E-state index in [1.54, 1.807) is 0 Å². The molecular formula is C17H27N3O. The van der Waals surface area contributed by atoms with Crippen molar-refractivity contribution in [3.63, 3.8) is 0 Å². The minimum Gasteiger partial charge on any atom is -0.326 e. The van der Waals surface area contributed by atoms with E-state index >= 15 is 0 Å². The quantitative estimate of drug-likeness (QED) is 0.811. The monoisotopic (exact) mass is 289 g/mol. The number of hydrogen-bond acceptors (Lipinski definition) is 3. The van der Waals surface area contributed by atoms with E-state index in [4.69, 9.17) is 0 Å². The second-order valence-electron chi connectivity index (χ2n) is 6.09. The molecule has 1 fully saturated rings. The molecule has 116 valence electrons. The van der Waals surface area contributed by atoms with Crippen LogP contribution < -0.4 is 10.6 Å². The number of nitrogens with one attached hydrogen (secondary N) is 2. The van der Waals surface area contributed by atoms with Crippen LogP contribution >= 0.6 is 0 Å². The van der Waals surface area contributed by atoms with Crippen LogP contribution in [0.15, 0.2) is 24.3 Å². The van der Waals surface area contributed by atoms with Crippen LogP contribution in [0.5, 0.6) is 0 Å². The van der Waals surface area contributed by atoms with Crippen molar-refractivity contribution in [1.29, 1.82) is 0 Å². The van der Waals surface area contributed by atoms with Gasteiger partial charge < -0.3 is 10.6 Å². The van der Waals surface area contributed by atoms with E-state index in [-0.39, 0.29) is 5.91 Å². The molecule has 0 aromatic heterocycles. The van der Waals surface area contributed by atoms with E-state index in [1.807, 2.05) is 12.1 Å². The summed E-state index contributed by atoms with van der Waals surface area (Å²) in [6.07, 6.45) is 3.14. The molecule has 0 bridgehead atoms. The van der Waals surface area contributed by atoms with Gasteiger partial charge in [-0.1, -0.05) is 26.0 Å². The fourth-order valence-electron chi connectivity index (χ4n) is 2.59. The maximum Gasteiger partial charge on any atom is 0.225 e. The van der Waals surface area contributed by atoms with Crippen molar-refractivity contribution in [3.8, 4) is 0 Å². The molecule has 1 aliphatic rings. The largest absolute Gasteiger partial charge is 0.326 e. The van der Waals surface area contributed by atoms with Crippen molar-refractivity contribution >= 4 is 11.6 Å². The zero-order valence-corrected chi connectivity index (χ0v) is 13.2. The van der Waals surface area contributed by atoms with Crippen LogP contribution in [0, 0.1) is 0 Å². The molecular weight excluding hydrogens is 262 g/mol. The van der Waals surface area contributed by atoms with Gasteiger partial charge in [0, 0.05) is 31.2 Å². The van der Waals surface area contributed by atoms with Crippen LogP contribution in [0.4, 0.5) is 5.69 Å². The van der Waals surface area contributed by atoms with Gasteiger partial charge in [0.25, 0.3) is 0 Å². The molecule has 21 heavy (non-hydrogen) atoms. The number of likely N-dealkylation sites (tertiary alicyclic amines) is 1. The molecule has 4 nitrogen and oxygen atoms in total. The summed E-state index contributed by atoms with van der Waals surface area (Å²) < 4.78 is 0. The van der Waals surface area contributed by atoms with Crippen LogP contribution in [0.1, 0.15) is 38.7 Å². The number of carbonyl (C=O) groups is 1. The van der Waals surface area contributed by atoms with Gasteiger partial charge in [-0.05, 0) is 43.6 Å². The Balaban J connectivity index is 1.74. The Kier molecular flexibility index (Phi) is 6.21. The molecule has 1 aromatic carbocycles. The Bertz CT molecular complexity index is 436.